The van der Waals surface area contributed by atoms with Gasteiger partial charge in [0.15, 0.2) is 11.2 Å². The fourth-order valence-electron chi connectivity index (χ4n) is 3.52. The Bertz CT molecular complexity index is 719. The standard InChI is InChI=1S/C18H18O2/c1-11-12(2)16-19-17(3,4)18(20-16)10-9-13-7-5-6-8-14(13)15(11)18/h5-10H,1-4H3. The van der Waals surface area contributed by atoms with Gasteiger partial charge in [0, 0.05) is 11.1 Å². The summed E-state index contributed by atoms with van der Waals surface area (Å²) in [7, 11) is 0. The Morgan fingerprint density at radius 3 is 2.50 bits per heavy atom. The molecule has 2 aliphatic heterocycles. The molecule has 0 radical (unpaired) electrons. The second kappa shape index (κ2) is 3.38. The Labute approximate surface area is 119 Å². The van der Waals surface area contributed by atoms with Crippen LogP contribution in [0.1, 0.15) is 38.8 Å². The summed E-state index contributed by atoms with van der Waals surface area (Å²) < 4.78 is 12.4. The highest BCUT2D eigenvalue weighted by Gasteiger charge is 2.60. The summed E-state index contributed by atoms with van der Waals surface area (Å²) in [6.07, 6.45) is 4.31. The molecule has 1 aromatic rings. The van der Waals surface area contributed by atoms with Gasteiger partial charge in [0.2, 0.25) is 0 Å². The molecule has 1 unspecified atom stereocenters. The molecule has 2 heterocycles. The zero-order chi connectivity index (χ0) is 14.1. The second-order valence-electron chi connectivity index (χ2n) is 6.28. The molecule has 1 aromatic carbocycles. The van der Waals surface area contributed by atoms with Gasteiger partial charge in [-0.2, -0.15) is 0 Å². The average molecular weight is 266 g/mol. The van der Waals surface area contributed by atoms with E-state index < -0.39 is 11.2 Å². The zero-order valence-corrected chi connectivity index (χ0v) is 12.3. The number of ether oxygens (including phenoxy) is 2. The van der Waals surface area contributed by atoms with Gasteiger partial charge in [-0.1, -0.05) is 30.3 Å². The van der Waals surface area contributed by atoms with Crippen LogP contribution >= 0.6 is 0 Å². The molecular weight excluding hydrogens is 248 g/mol. The van der Waals surface area contributed by atoms with Crippen molar-refractivity contribution in [3.05, 3.63) is 58.6 Å². The van der Waals surface area contributed by atoms with Gasteiger partial charge in [-0.25, -0.2) is 0 Å². The van der Waals surface area contributed by atoms with Crippen LogP contribution in [0.25, 0.3) is 11.6 Å². The predicted molar refractivity (Wildman–Crippen MR) is 79.8 cm³/mol. The van der Waals surface area contributed by atoms with Gasteiger partial charge < -0.3 is 9.47 Å². The van der Waals surface area contributed by atoms with E-state index in [-0.39, 0.29) is 0 Å². The third kappa shape index (κ3) is 1.16. The molecule has 2 heteroatoms. The molecule has 3 aliphatic rings. The number of allylic oxidation sites excluding steroid dienone is 2. The van der Waals surface area contributed by atoms with Crippen LogP contribution in [0, 0.1) is 0 Å². The summed E-state index contributed by atoms with van der Waals surface area (Å²) >= 11 is 0. The molecular formula is C18H18O2. The van der Waals surface area contributed by atoms with Crippen LogP contribution in [-0.4, -0.2) is 11.2 Å². The van der Waals surface area contributed by atoms with Crippen molar-refractivity contribution in [3.63, 3.8) is 0 Å². The van der Waals surface area contributed by atoms with E-state index in [0.717, 1.165) is 5.57 Å². The largest absolute Gasteiger partial charge is 0.454 e. The molecule has 0 amide bonds. The summed E-state index contributed by atoms with van der Waals surface area (Å²) in [5.41, 5.74) is 5.22. The molecule has 1 aliphatic carbocycles. The van der Waals surface area contributed by atoms with Gasteiger partial charge in [-0.05, 0) is 50.5 Å². The molecule has 20 heavy (non-hydrogen) atoms. The lowest BCUT2D eigenvalue weighted by Crippen LogP contribution is -2.48. The van der Waals surface area contributed by atoms with Crippen LogP contribution in [0.4, 0.5) is 0 Å². The van der Waals surface area contributed by atoms with Crippen molar-refractivity contribution >= 4 is 11.6 Å². The number of rotatable bonds is 0. The monoisotopic (exact) mass is 266 g/mol. The van der Waals surface area contributed by atoms with Crippen LogP contribution in [0.2, 0.25) is 0 Å². The maximum Gasteiger partial charge on any atom is 0.284 e. The number of hydrogen-bond donors (Lipinski definition) is 0. The second-order valence-corrected chi connectivity index (χ2v) is 6.28. The summed E-state index contributed by atoms with van der Waals surface area (Å²) in [6, 6.07) is 8.49. The van der Waals surface area contributed by atoms with E-state index in [1.54, 1.807) is 0 Å². The molecule has 0 saturated carbocycles. The van der Waals surface area contributed by atoms with Gasteiger partial charge >= 0.3 is 0 Å². The molecule has 0 aromatic heterocycles. The van der Waals surface area contributed by atoms with E-state index in [2.05, 4.69) is 64.1 Å². The molecule has 1 atom stereocenters. The molecule has 0 N–H and O–H groups in total. The number of hydrogen-bond acceptors (Lipinski definition) is 2. The molecule has 1 saturated heterocycles. The Balaban J connectivity index is 2.11. The fourth-order valence-corrected chi connectivity index (χ4v) is 3.52. The van der Waals surface area contributed by atoms with E-state index >= 15 is 0 Å². The maximum atomic E-state index is 6.26. The van der Waals surface area contributed by atoms with Crippen molar-refractivity contribution in [2.75, 3.05) is 0 Å². The minimum Gasteiger partial charge on any atom is -0.454 e. The van der Waals surface area contributed by atoms with Gasteiger partial charge in [0.1, 0.15) is 0 Å². The summed E-state index contributed by atoms with van der Waals surface area (Å²) in [4.78, 5) is 0. The maximum absolute atomic E-state index is 6.26. The smallest absolute Gasteiger partial charge is 0.284 e. The van der Waals surface area contributed by atoms with Gasteiger partial charge in [-0.15, -0.1) is 0 Å². The summed E-state index contributed by atoms with van der Waals surface area (Å²) in [5, 5.41) is 0. The van der Waals surface area contributed by atoms with E-state index in [4.69, 9.17) is 9.47 Å². The van der Waals surface area contributed by atoms with Crippen LogP contribution in [0.3, 0.4) is 0 Å². The van der Waals surface area contributed by atoms with Gasteiger partial charge in [0.25, 0.3) is 5.95 Å². The lowest BCUT2D eigenvalue weighted by Gasteiger charge is -2.40. The van der Waals surface area contributed by atoms with E-state index in [0.29, 0.717) is 5.95 Å². The zero-order valence-electron chi connectivity index (χ0n) is 12.3. The van der Waals surface area contributed by atoms with Crippen LogP contribution in [0.15, 0.2) is 47.4 Å². The number of benzene rings is 1. The van der Waals surface area contributed by atoms with E-state index in [1.165, 1.54) is 22.3 Å². The van der Waals surface area contributed by atoms with Gasteiger partial charge in [-0.3, -0.25) is 0 Å². The summed E-state index contributed by atoms with van der Waals surface area (Å²) in [6.45, 7) is 8.45. The molecule has 1 spiro atoms. The minimum atomic E-state index is -0.500. The number of fused-ring (bicyclic) bond motifs is 3. The molecule has 1 fully saturated rings. The topological polar surface area (TPSA) is 18.5 Å². The highest BCUT2D eigenvalue weighted by Crippen LogP contribution is 2.57. The molecule has 2 nitrogen and oxygen atoms in total. The van der Waals surface area contributed by atoms with Crippen molar-refractivity contribution in [2.24, 2.45) is 0 Å². The first-order chi connectivity index (χ1) is 9.46. The Morgan fingerprint density at radius 1 is 0.950 bits per heavy atom. The van der Waals surface area contributed by atoms with E-state index in [1.807, 2.05) is 0 Å². The van der Waals surface area contributed by atoms with Crippen molar-refractivity contribution in [1.29, 1.82) is 0 Å². The van der Waals surface area contributed by atoms with Crippen LogP contribution in [-0.2, 0) is 9.47 Å². The van der Waals surface area contributed by atoms with Crippen molar-refractivity contribution in [3.8, 4) is 0 Å². The normalized spacial score (nSPS) is 28.8. The predicted octanol–water partition coefficient (Wildman–Crippen LogP) is 4.30. The highest BCUT2D eigenvalue weighted by molar-refractivity contribution is 5.90. The average Bonchev–Trinajstić information content (AvgIpc) is 2.66. The summed E-state index contributed by atoms with van der Waals surface area (Å²) in [5.74, 6) is 0.681. The minimum absolute atomic E-state index is 0.402. The fraction of sp³-hybridized carbons (Fsp3) is 0.333. The SMILES string of the molecule is CC1=C2OC(C)(C)C3(C=Cc4ccccc4C3=C1C)O2. The molecule has 2 bridgehead atoms. The molecule has 102 valence electrons. The first-order valence-corrected chi connectivity index (χ1v) is 7.05. The Hall–Kier alpha value is -1.96. The Morgan fingerprint density at radius 2 is 1.70 bits per heavy atom. The quantitative estimate of drug-likeness (QED) is 0.697. The highest BCUT2D eigenvalue weighted by atomic mass is 16.7. The van der Waals surface area contributed by atoms with Crippen LogP contribution < -0.4 is 0 Å². The first kappa shape index (κ1) is 11.8. The van der Waals surface area contributed by atoms with Crippen molar-refractivity contribution in [2.45, 2.75) is 38.9 Å². The van der Waals surface area contributed by atoms with Crippen molar-refractivity contribution in [1.82, 2.24) is 0 Å². The third-order valence-corrected chi connectivity index (χ3v) is 4.84. The van der Waals surface area contributed by atoms with Gasteiger partial charge in [0.05, 0.1) is 0 Å². The molecule has 4 rings (SSSR count). The van der Waals surface area contributed by atoms with E-state index in [9.17, 15) is 0 Å². The lowest BCUT2D eigenvalue weighted by molar-refractivity contribution is 0.0519. The van der Waals surface area contributed by atoms with Crippen molar-refractivity contribution < 1.29 is 9.47 Å². The lowest BCUT2D eigenvalue weighted by atomic mass is 9.70. The van der Waals surface area contributed by atoms with Crippen LogP contribution in [0.5, 0.6) is 0 Å². The first-order valence-electron chi connectivity index (χ1n) is 7.05. The Kier molecular flexibility index (Phi) is 2.00. The third-order valence-electron chi connectivity index (χ3n) is 4.84.